The Morgan fingerprint density at radius 2 is 1.77 bits per heavy atom. The summed E-state index contributed by atoms with van der Waals surface area (Å²) in [7, 11) is 3.67. The number of ether oxygens (including phenoxy) is 4. The van der Waals surface area contributed by atoms with Crippen molar-refractivity contribution in [2.75, 3.05) is 27.4 Å². The molecule has 0 aromatic carbocycles. The van der Waals surface area contributed by atoms with Gasteiger partial charge in [0.25, 0.3) is 0 Å². The second-order valence-corrected chi connectivity index (χ2v) is 8.62. The molecule has 2 saturated heterocycles. The quantitative estimate of drug-likeness (QED) is 0.376. The maximum Gasteiger partial charge on any atom is 0.472 e. The zero-order valence-electron chi connectivity index (χ0n) is 16.5. The van der Waals surface area contributed by atoms with Crippen LogP contribution in [0.2, 0.25) is 0 Å². The van der Waals surface area contributed by atoms with E-state index in [0.29, 0.717) is 0 Å². The number of rotatable bonds is 9. The summed E-state index contributed by atoms with van der Waals surface area (Å²) in [5.74, 6) is 0.131. The normalized spacial score (nSPS) is 42.7. The summed E-state index contributed by atoms with van der Waals surface area (Å²) in [5.41, 5.74) is 0. The van der Waals surface area contributed by atoms with Gasteiger partial charge >= 0.3 is 7.82 Å². The van der Waals surface area contributed by atoms with Gasteiger partial charge in [0, 0.05) is 38.1 Å². The minimum atomic E-state index is -4.28. The molecule has 1 N–H and O–H groups in total. The molecule has 0 aromatic heterocycles. The predicted octanol–water partition coefficient (Wildman–Crippen LogP) is -1.51. The van der Waals surface area contributed by atoms with Crippen molar-refractivity contribution in [3.63, 3.8) is 0 Å². The van der Waals surface area contributed by atoms with Gasteiger partial charge in [-0.2, -0.15) is 0 Å². The molecule has 0 aromatic rings. The molecule has 0 aliphatic carbocycles. The van der Waals surface area contributed by atoms with Crippen LogP contribution in [0.3, 0.4) is 0 Å². The van der Waals surface area contributed by atoms with E-state index < -0.39 is 26.1 Å². The number of hydrogen-bond donors (Lipinski definition) is 1. The molecule has 148 valence electrons. The molecular formula is C14H30B3O8P. The maximum atomic E-state index is 12.5. The zero-order valence-corrected chi connectivity index (χ0v) is 17.4. The van der Waals surface area contributed by atoms with Crippen molar-refractivity contribution in [2.24, 2.45) is 11.8 Å². The second kappa shape index (κ2) is 9.57. The topological polar surface area (TPSA) is 92.7 Å². The SMILES string of the molecule is BB[C@@H]1O[C@H](COP(=O)(O)O[C@@H]2C(C)[C@H](B)O[C@@H]2COC)[C@H](OC)C1C. The third-order valence-corrected chi connectivity index (χ3v) is 6.48. The Morgan fingerprint density at radius 1 is 1.12 bits per heavy atom. The molecule has 2 fully saturated rings. The Labute approximate surface area is 158 Å². The van der Waals surface area contributed by atoms with Gasteiger partial charge < -0.3 is 23.8 Å². The van der Waals surface area contributed by atoms with Crippen LogP contribution in [0.5, 0.6) is 0 Å². The van der Waals surface area contributed by atoms with Gasteiger partial charge in [-0.15, -0.1) is 0 Å². The van der Waals surface area contributed by atoms with E-state index in [9.17, 15) is 9.46 Å². The minimum absolute atomic E-state index is 0.0442. The first kappa shape index (κ1) is 22.4. The second-order valence-electron chi connectivity index (χ2n) is 7.21. The van der Waals surface area contributed by atoms with Crippen molar-refractivity contribution in [2.45, 2.75) is 50.3 Å². The molecule has 0 radical (unpaired) electrons. The van der Waals surface area contributed by atoms with Crippen molar-refractivity contribution >= 4 is 30.6 Å². The lowest BCUT2D eigenvalue weighted by Gasteiger charge is -2.25. The first-order valence-electron chi connectivity index (χ1n) is 9.22. The molecule has 2 heterocycles. The number of methoxy groups -OCH3 is 2. The standard InChI is InChI=1S/C14H30B3O8P/c1-7-12(9(5-20-3)23-13(7)15)25-26(18,19)22-6-10-11(21-4)8(2)14(17-16)24-10/h7-14,17H,5-6,15-16H2,1-4H3,(H,18,19)/t7?,8?,9-,10-,11-,12-,13-,14-/m1/s1. The highest BCUT2D eigenvalue weighted by Gasteiger charge is 2.46. The fourth-order valence-corrected chi connectivity index (χ4v) is 4.87. The molecule has 0 amide bonds. The predicted molar refractivity (Wildman–Crippen MR) is 103 cm³/mol. The summed E-state index contributed by atoms with van der Waals surface area (Å²) in [5, 5.41) is 0. The summed E-state index contributed by atoms with van der Waals surface area (Å²) in [6, 6.07) is -0.0508. The average molecular weight is 390 g/mol. The maximum absolute atomic E-state index is 12.5. The van der Waals surface area contributed by atoms with Crippen LogP contribution < -0.4 is 0 Å². The molecule has 2 rings (SSSR count). The molecule has 12 heteroatoms. The van der Waals surface area contributed by atoms with Crippen LogP contribution >= 0.6 is 7.82 Å². The number of phosphoric ester groups is 1. The summed E-state index contributed by atoms with van der Waals surface area (Å²) < 4.78 is 45.4. The average Bonchev–Trinajstić information content (AvgIpc) is 3.04. The van der Waals surface area contributed by atoms with E-state index in [4.69, 9.17) is 28.0 Å². The van der Waals surface area contributed by atoms with E-state index in [-0.39, 0.29) is 43.2 Å². The fourth-order valence-electron chi connectivity index (χ4n) is 3.84. The third kappa shape index (κ3) is 5.14. The van der Waals surface area contributed by atoms with Gasteiger partial charge in [0.15, 0.2) is 0 Å². The largest absolute Gasteiger partial charge is 0.472 e. The van der Waals surface area contributed by atoms with Gasteiger partial charge in [0.2, 0.25) is 0 Å². The zero-order chi connectivity index (χ0) is 19.5. The molecule has 0 saturated carbocycles. The van der Waals surface area contributed by atoms with Gasteiger partial charge in [-0.1, -0.05) is 13.8 Å². The molecule has 8 nitrogen and oxygen atoms in total. The molecule has 0 bridgehead atoms. The molecule has 0 spiro atoms. The van der Waals surface area contributed by atoms with E-state index in [1.165, 1.54) is 0 Å². The molecule has 2 aliphatic heterocycles. The van der Waals surface area contributed by atoms with Crippen LogP contribution in [-0.2, 0) is 32.6 Å². The van der Waals surface area contributed by atoms with Crippen LogP contribution in [0.15, 0.2) is 0 Å². The highest BCUT2D eigenvalue weighted by molar-refractivity contribution is 7.47. The van der Waals surface area contributed by atoms with E-state index in [1.54, 1.807) is 14.2 Å². The van der Waals surface area contributed by atoms with Crippen molar-refractivity contribution < 1.29 is 37.5 Å². The van der Waals surface area contributed by atoms with Crippen LogP contribution in [0.4, 0.5) is 0 Å². The Balaban J connectivity index is 1.95. The van der Waals surface area contributed by atoms with Gasteiger partial charge in [0.1, 0.15) is 33.3 Å². The number of phosphoric acid groups is 1. The van der Waals surface area contributed by atoms with E-state index in [1.807, 2.05) is 29.4 Å². The molecule has 3 unspecified atom stereocenters. The lowest BCUT2D eigenvalue weighted by molar-refractivity contribution is -0.0389. The first-order valence-corrected chi connectivity index (χ1v) is 10.7. The third-order valence-electron chi connectivity index (χ3n) is 5.50. The molecule has 9 atom stereocenters. The summed E-state index contributed by atoms with van der Waals surface area (Å²) in [6.45, 7) is 4.18. The lowest BCUT2D eigenvalue weighted by Crippen LogP contribution is -2.33. The first-order chi connectivity index (χ1) is 12.2. The smallest absolute Gasteiger partial charge is 0.382 e. The highest BCUT2D eigenvalue weighted by Crippen LogP contribution is 2.49. The summed E-state index contributed by atoms with van der Waals surface area (Å²) in [4.78, 5) is 10.2. The van der Waals surface area contributed by atoms with Crippen molar-refractivity contribution in [1.82, 2.24) is 0 Å². The summed E-state index contributed by atoms with van der Waals surface area (Å²) >= 11 is 0. The van der Waals surface area contributed by atoms with Crippen LogP contribution in [0.25, 0.3) is 0 Å². The Bertz CT molecular complexity index is 501. The molecule has 2 aliphatic rings. The van der Waals surface area contributed by atoms with Crippen LogP contribution in [0, 0.1) is 11.8 Å². The van der Waals surface area contributed by atoms with Crippen molar-refractivity contribution in [3.8, 4) is 0 Å². The van der Waals surface area contributed by atoms with E-state index in [0.717, 1.165) is 7.17 Å². The Morgan fingerprint density at radius 3 is 2.35 bits per heavy atom. The van der Waals surface area contributed by atoms with E-state index >= 15 is 0 Å². The van der Waals surface area contributed by atoms with Crippen molar-refractivity contribution in [3.05, 3.63) is 0 Å². The van der Waals surface area contributed by atoms with Crippen LogP contribution in [0.1, 0.15) is 13.8 Å². The summed E-state index contributed by atoms with van der Waals surface area (Å²) in [6.07, 6.45) is -1.58. The van der Waals surface area contributed by atoms with Crippen molar-refractivity contribution in [1.29, 1.82) is 0 Å². The van der Waals surface area contributed by atoms with Gasteiger partial charge in [-0.3, -0.25) is 9.05 Å². The molecular weight excluding hydrogens is 360 g/mol. The minimum Gasteiger partial charge on any atom is -0.382 e. The molecule has 26 heavy (non-hydrogen) atoms. The van der Waals surface area contributed by atoms with Gasteiger partial charge in [-0.05, 0) is 0 Å². The van der Waals surface area contributed by atoms with Crippen LogP contribution in [-0.4, -0.2) is 91.5 Å². The Kier molecular flexibility index (Phi) is 8.25. The monoisotopic (exact) mass is 390 g/mol. The fraction of sp³-hybridized carbons (Fsp3) is 1.00. The van der Waals surface area contributed by atoms with Gasteiger partial charge in [-0.25, -0.2) is 4.57 Å². The van der Waals surface area contributed by atoms with Gasteiger partial charge in [0.05, 0.1) is 27.1 Å². The highest BCUT2D eigenvalue weighted by atomic mass is 31.2. The Hall–Kier alpha value is 0.145. The van der Waals surface area contributed by atoms with E-state index in [2.05, 4.69) is 0 Å². The lowest BCUT2D eigenvalue weighted by atomic mass is 9.49. The number of hydrogen-bond acceptors (Lipinski definition) is 7.